The Morgan fingerprint density at radius 2 is 2.18 bits per heavy atom. The molecule has 0 radical (unpaired) electrons. The highest BCUT2D eigenvalue weighted by molar-refractivity contribution is 6.10. The van der Waals surface area contributed by atoms with E-state index in [2.05, 4.69) is 10.1 Å². The van der Waals surface area contributed by atoms with Crippen LogP contribution in [0.5, 0.6) is 0 Å². The number of aromatic amines is 1. The predicted octanol–water partition coefficient (Wildman–Crippen LogP) is 2.85. The first-order valence-corrected chi connectivity index (χ1v) is 5.53. The first-order chi connectivity index (χ1) is 8.22. The summed E-state index contributed by atoms with van der Waals surface area (Å²) in [6.45, 7) is 3.32. The quantitative estimate of drug-likeness (QED) is 0.500. The highest BCUT2D eigenvalue weighted by Crippen LogP contribution is 2.19. The van der Waals surface area contributed by atoms with Gasteiger partial charge in [-0.15, -0.1) is 0 Å². The first kappa shape index (κ1) is 11.4. The van der Waals surface area contributed by atoms with Crippen molar-refractivity contribution in [3.05, 3.63) is 36.0 Å². The van der Waals surface area contributed by atoms with Crippen molar-refractivity contribution in [2.75, 3.05) is 0 Å². The summed E-state index contributed by atoms with van der Waals surface area (Å²) < 4.78 is 0. The molecule has 88 valence electrons. The van der Waals surface area contributed by atoms with Gasteiger partial charge in [0.15, 0.2) is 0 Å². The van der Waals surface area contributed by atoms with Gasteiger partial charge in [-0.25, -0.2) is 4.79 Å². The number of hydrogen-bond donors (Lipinski definition) is 1. The summed E-state index contributed by atoms with van der Waals surface area (Å²) in [7, 11) is 0. The zero-order valence-electron chi connectivity index (χ0n) is 9.86. The lowest BCUT2D eigenvalue weighted by Gasteiger charge is -2.01. The Kier molecular flexibility index (Phi) is 3.23. The van der Waals surface area contributed by atoms with E-state index in [1.807, 2.05) is 37.4 Å². The van der Waals surface area contributed by atoms with Gasteiger partial charge in [-0.3, -0.25) is 0 Å². The molecule has 1 aromatic heterocycles. The fourth-order valence-electron chi connectivity index (χ4n) is 1.73. The summed E-state index contributed by atoms with van der Waals surface area (Å²) in [5, 5.41) is 4.96. The van der Waals surface area contributed by atoms with Crippen LogP contribution in [0.2, 0.25) is 0 Å². The second-order valence-electron chi connectivity index (χ2n) is 3.72. The third-order valence-electron chi connectivity index (χ3n) is 2.52. The molecule has 0 unspecified atom stereocenters. The Balaban J connectivity index is 2.43. The lowest BCUT2D eigenvalue weighted by Crippen LogP contribution is -2.01. The molecule has 0 aliphatic heterocycles. The second kappa shape index (κ2) is 4.82. The minimum Gasteiger partial charge on any atom is -0.360 e. The summed E-state index contributed by atoms with van der Waals surface area (Å²) in [6, 6.07) is 7.95. The normalized spacial score (nSPS) is 11.8. The molecule has 4 heteroatoms. The monoisotopic (exact) mass is 230 g/mol. The van der Waals surface area contributed by atoms with E-state index >= 15 is 0 Å². The number of hydrogen-bond acceptors (Lipinski definition) is 3. The van der Waals surface area contributed by atoms with Crippen LogP contribution in [0.15, 0.2) is 35.6 Å². The lowest BCUT2D eigenvalue weighted by atomic mass is 10.1. The zero-order chi connectivity index (χ0) is 12.3. The molecular weight excluding hydrogens is 216 g/mol. The molecule has 0 aliphatic carbocycles. The molecule has 1 N–H and O–H groups in total. The zero-order valence-corrected chi connectivity index (χ0v) is 9.86. The number of nitrogens with one attached hydrogen (secondary N) is 1. The van der Waals surface area contributed by atoms with E-state index in [1.54, 1.807) is 0 Å². The molecular formula is C13H14N2O2. The van der Waals surface area contributed by atoms with E-state index in [4.69, 9.17) is 4.84 Å². The number of fused-ring (bicyclic) bond motifs is 1. The highest BCUT2D eigenvalue weighted by atomic mass is 16.7. The number of H-pyrrole nitrogens is 1. The number of oxime groups is 1. The summed E-state index contributed by atoms with van der Waals surface area (Å²) >= 11 is 0. The minimum absolute atomic E-state index is 0.407. The van der Waals surface area contributed by atoms with E-state index in [-0.39, 0.29) is 0 Å². The molecule has 0 fully saturated rings. The van der Waals surface area contributed by atoms with Crippen molar-refractivity contribution < 1.29 is 9.63 Å². The number of carbonyl (C=O) groups excluding carboxylic acids is 1. The molecule has 2 rings (SSSR count). The molecule has 17 heavy (non-hydrogen) atoms. The molecule has 1 heterocycles. The molecule has 1 aromatic carbocycles. The van der Waals surface area contributed by atoms with Crippen LogP contribution in [0.3, 0.4) is 0 Å². The number of carbonyl (C=O) groups is 1. The number of para-hydroxylation sites is 1. The Bertz CT molecular complexity index is 570. The number of benzene rings is 1. The lowest BCUT2D eigenvalue weighted by molar-refractivity contribution is -0.140. The van der Waals surface area contributed by atoms with Crippen molar-refractivity contribution in [2.45, 2.75) is 20.3 Å². The summed E-state index contributed by atoms with van der Waals surface area (Å²) in [6.07, 6.45) is 2.59. The van der Waals surface area contributed by atoms with Crippen LogP contribution < -0.4 is 0 Å². The van der Waals surface area contributed by atoms with Gasteiger partial charge >= 0.3 is 5.97 Å². The van der Waals surface area contributed by atoms with Crippen LogP contribution in [-0.4, -0.2) is 16.7 Å². The van der Waals surface area contributed by atoms with Crippen LogP contribution >= 0.6 is 0 Å². The van der Waals surface area contributed by atoms with E-state index < -0.39 is 5.97 Å². The van der Waals surface area contributed by atoms with Gasteiger partial charge in [-0.1, -0.05) is 30.3 Å². The van der Waals surface area contributed by atoms with Gasteiger partial charge < -0.3 is 9.82 Å². The van der Waals surface area contributed by atoms with Crippen LogP contribution in [0.1, 0.15) is 25.8 Å². The summed E-state index contributed by atoms with van der Waals surface area (Å²) in [5.74, 6) is -0.407. The van der Waals surface area contributed by atoms with Crippen molar-refractivity contribution in [1.82, 2.24) is 4.98 Å². The minimum atomic E-state index is -0.407. The van der Waals surface area contributed by atoms with E-state index in [0.29, 0.717) is 6.42 Å². The Labute approximate surface area is 99.3 Å². The van der Waals surface area contributed by atoms with Gasteiger partial charge in [0.25, 0.3) is 0 Å². The van der Waals surface area contributed by atoms with Gasteiger partial charge in [0.05, 0.1) is 5.71 Å². The van der Waals surface area contributed by atoms with E-state index in [0.717, 1.165) is 22.2 Å². The third-order valence-corrected chi connectivity index (χ3v) is 2.52. The maximum atomic E-state index is 10.8. The molecule has 2 aromatic rings. The van der Waals surface area contributed by atoms with E-state index in [9.17, 15) is 4.79 Å². The van der Waals surface area contributed by atoms with Crippen molar-refractivity contribution >= 4 is 22.6 Å². The number of rotatable bonds is 3. The van der Waals surface area contributed by atoms with Crippen molar-refractivity contribution in [3.63, 3.8) is 0 Å². The maximum Gasteiger partial charge on any atom is 0.331 e. The molecule has 0 bridgehead atoms. The van der Waals surface area contributed by atoms with E-state index in [1.165, 1.54) is 6.92 Å². The molecule has 0 atom stereocenters. The maximum absolute atomic E-state index is 10.8. The highest BCUT2D eigenvalue weighted by Gasteiger charge is 2.09. The summed E-state index contributed by atoms with van der Waals surface area (Å²) in [4.78, 5) is 18.6. The van der Waals surface area contributed by atoms with Crippen molar-refractivity contribution in [2.24, 2.45) is 5.16 Å². The van der Waals surface area contributed by atoms with Crippen molar-refractivity contribution in [1.29, 1.82) is 0 Å². The fraction of sp³-hybridized carbons (Fsp3) is 0.231. The topological polar surface area (TPSA) is 54.4 Å². The molecule has 0 aliphatic rings. The Morgan fingerprint density at radius 1 is 1.41 bits per heavy atom. The first-order valence-electron chi connectivity index (χ1n) is 5.53. The molecule has 0 saturated carbocycles. The smallest absolute Gasteiger partial charge is 0.331 e. The number of aromatic nitrogens is 1. The molecule has 4 nitrogen and oxygen atoms in total. The van der Waals surface area contributed by atoms with Gasteiger partial charge in [0.2, 0.25) is 0 Å². The van der Waals surface area contributed by atoms with Gasteiger partial charge in [-0.05, 0) is 12.5 Å². The SMILES string of the molecule is CC/C(=N\OC(C)=O)c1c[nH]c2ccccc12. The largest absolute Gasteiger partial charge is 0.360 e. The van der Waals surface area contributed by atoms with Gasteiger partial charge in [0, 0.05) is 29.6 Å². The predicted molar refractivity (Wildman–Crippen MR) is 66.9 cm³/mol. The average molecular weight is 230 g/mol. The van der Waals surface area contributed by atoms with Crippen LogP contribution in [0.25, 0.3) is 10.9 Å². The fourth-order valence-corrected chi connectivity index (χ4v) is 1.73. The molecule has 0 spiro atoms. The number of nitrogens with zero attached hydrogens (tertiary/aromatic N) is 1. The van der Waals surface area contributed by atoms with Gasteiger partial charge in [0.1, 0.15) is 0 Å². The third kappa shape index (κ3) is 2.36. The standard InChI is InChI=1S/C13H14N2O2/c1-3-12(15-17-9(2)16)11-8-14-13-7-5-4-6-10(11)13/h4-8,14H,3H2,1-2H3/b15-12+. The Hall–Kier alpha value is -2.10. The van der Waals surface area contributed by atoms with Crippen LogP contribution in [0, 0.1) is 0 Å². The summed E-state index contributed by atoms with van der Waals surface area (Å²) in [5.41, 5.74) is 2.79. The van der Waals surface area contributed by atoms with Crippen LogP contribution in [-0.2, 0) is 9.63 Å². The van der Waals surface area contributed by atoms with Crippen LogP contribution in [0.4, 0.5) is 0 Å². The second-order valence-corrected chi connectivity index (χ2v) is 3.72. The Morgan fingerprint density at radius 3 is 2.88 bits per heavy atom. The van der Waals surface area contributed by atoms with Crippen molar-refractivity contribution in [3.8, 4) is 0 Å². The van der Waals surface area contributed by atoms with Gasteiger partial charge in [-0.2, -0.15) is 0 Å². The molecule has 0 amide bonds. The average Bonchev–Trinajstić information content (AvgIpc) is 2.74. The molecule has 0 saturated heterocycles.